The number of nitrogens with zero attached hydrogens (tertiary/aromatic N) is 3. The van der Waals surface area contributed by atoms with Crippen LogP contribution in [0.3, 0.4) is 0 Å². The van der Waals surface area contributed by atoms with E-state index in [9.17, 15) is 4.79 Å². The van der Waals surface area contributed by atoms with Crippen LogP contribution in [-0.4, -0.2) is 47.5 Å². The molecule has 84 valence electrons. The molecule has 0 saturated heterocycles. The maximum absolute atomic E-state index is 11.4. The van der Waals surface area contributed by atoms with E-state index in [0.29, 0.717) is 6.54 Å². The van der Waals surface area contributed by atoms with Crippen molar-refractivity contribution in [3.8, 4) is 0 Å². The molecule has 1 aromatic heterocycles. The van der Waals surface area contributed by atoms with Gasteiger partial charge in [-0.05, 0) is 27.1 Å². The van der Waals surface area contributed by atoms with Gasteiger partial charge < -0.3 is 14.8 Å². The van der Waals surface area contributed by atoms with Gasteiger partial charge in [-0.25, -0.2) is 4.98 Å². The third kappa shape index (κ3) is 5.17. The van der Waals surface area contributed by atoms with Crippen LogP contribution in [0.25, 0.3) is 0 Å². The Balaban J connectivity index is 2.09. The number of aromatic nitrogens is 2. The fourth-order valence-electron chi connectivity index (χ4n) is 1.23. The van der Waals surface area contributed by atoms with Crippen LogP contribution in [0.2, 0.25) is 0 Å². The summed E-state index contributed by atoms with van der Waals surface area (Å²) >= 11 is 0. The van der Waals surface area contributed by atoms with E-state index in [0.717, 1.165) is 19.5 Å². The van der Waals surface area contributed by atoms with Crippen LogP contribution in [0, 0.1) is 0 Å². The van der Waals surface area contributed by atoms with Crippen LogP contribution in [-0.2, 0) is 11.3 Å². The first-order chi connectivity index (χ1) is 7.18. The lowest BCUT2D eigenvalue weighted by Gasteiger charge is -2.09. The smallest absolute Gasteiger partial charge is 0.239 e. The zero-order valence-corrected chi connectivity index (χ0v) is 9.31. The second-order valence-electron chi connectivity index (χ2n) is 3.74. The van der Waals surface area contributed by atoms with Crippen molar-refractivity contribution in [2.75, 3.05) is 27.2 Å². The normalized spacial score (nSPS) is 10.6. The second kappa shape index (κ2) is 6.19. The molecule has 0 aliphatic heterocycles. The van der Waals surface area contributed by atoms with Crippen LogP contribution in [0.1, 0.15) is 6.42 Å². The number of imidazole rings is 1. The fraction of sp³-hybridized carbons (Fsp3) is 0.600. The molecule has 15 heavy (non-hydrogen) atoms. The van der Waals surface area contributed by atoms with E-state index in [1.54, 1.807) is 23.3 Å². The number of rotatable bonds is 6. The molecule has 0 atom stereocenters. The molecule has 0 saturated carbocycles. The topological polar surface area (TPSA) is 50.2 Å². The Labute approximate surface area is 90.1 Å². The van der Waals surface area contributed by atoms with Gasteiger partial charge in [0.25, 0.3) is 0 Å². The van der Waals surface area contributed by atoms with Crippen molar-refractivity contribution >= 4 is 5.91 Å². The summed E-state index contributed by atoms with van der Waals surface area (Å²) in [5.74, 6) is 0.0340. The first-order valence-corrected chi connectivity index (χ1v) is 5.05. The zero-order chi connectivity index (χ0) is 11.1. The maximum atomic E-state index is 11.4. The van der Waals surface area contributed by atoms with Gasteiger partial charge in [-0.1, -0.05) is 0 Å². The van der Waals surface area contributed by atoms with Gasteiger partial charge in [-0.2, -0.15) is 0 Å². The Morgan fingerprint density at radius 2 is 2.33 bits per heavy atom. The Bertz CT molecular complexity index is 282. The minimum Gasteiger partial charge on any atom is -0.355 e. The Hall–Kier alpha value is -1.36. The summed E-state index contributed by atoms with van der Waals surface area (Å²) in [7, 11) is 4.04. The van der Waals surface area contributed by atoms with Crippen molar-refractivity contribution < 1.29 is 4.79 Å². The predicted molar refractivity (Wildman–Crippen MR) is 58.4 cm³/mol. The van der Waals surface area contributed by atoms with E-state index < -0.39 is 0 Å². The van der Waals surface area contributed by atoms with Crippen molar-refractivity contribution in [2.24, 2.45) is 0 Å². The molecule has 1 aromatic rings. The van der Waals surface area contributed by atoms with Crippen molar-refractivity contribution in [2.45, 2.75) is 13.0 Å². The zero-order valence-electron chi connectivity index (χ0n) is 9.31. The Morgan fingerprint density at radius 1 is 1.53 bits per heavy atom. The summed E-state index contributed by atoms with van der Waals surface area (Å²) in [6.45, 7) is 2.07. The standard InChI is InChI=1S/C10H18N4O/c1-13(2)6-3-4-12-10(15)8-14-7-5-11-9-14/h5,7,9H,3-4,6,8H2,1-2H3,(H,12,15). The van der Waals surface area contributed by atoms with Gasteiger partial charge in [0.2, 0.25) is 5.91 Å². The highest BCUT2D eigenvalue weighted by molar-refractivity contribution is 5.75. The van der Waals surface area contributed by atoms with Crippen molar-refractivity contribution in [3.63, 3.8) is 0 Å². The minimum absolute atomic E-state index is 0.0340. The van der Waals surface area contributed by atoms with E-state index in [-0.39, 0.29) is 5.91 Å². The van der Waals surface area contributed by atoms with Gasteiger partial charge in [0.05, 0.1) is 6.33 Å². The SMILES string of the molecule is CN(C)CCCNC(=O)Cn1ccnc1. The van der Waals surface area contributed by atoms with Crippen molar-refractivity contribution in [1.82, 2.24) is 19.8 Å². The van der Waals surface area contributed by atoms with Crippen LogP contribution in [0.5, 0.6) is 0 Å². The lowest BCUT2D eigenvalue weighted by atomic mass is 10.4. The van der Waals surface area contributed by atoms with Crippen LogP contribution >= 0.6 is 0 Å². The first-order valence-electron chi connectivity index (χ1n) is 5.05. The molecule has 0 fully saturated rings. The summed E-state index contributed by atoms with van der Waals surface area (Å²) in [5, 5.41) is 2.86. The van der Waals surface area contributed by atoms with Crippen molar-refractivity contribution in [1.29, 1.82) is 0 Å². The summed E-state index contributed by atoms with van der Waals surface area (Å²) < 4.78 is 1.75. The molecular formula is C10H18N4O. The molecule has 1 heterocycles. The maximum Gasteiger partial charge on any atom is 0.239 e. The van der Waals surface area contributed by atoms with Gasteiger partial charge in [0.1, 0.15) is 6.54 Å². The van der Waals surface area contributed by atoms with Crippen LogP contribution < -0.4 is 5.32 Å². The van der Waals surface area contributed by atoms with Crippen LogP contribution in [0.4, 0.5) is 0 Å². The molecule has 1 rings (SSSR count). The van der Waals surface area contributed by atoms with Gasteiger partial charge in [0, 0.05) is 18.9 Å². The number of amides is 1. The molecular weight excluding hydrogens is 192 g/mol. The van der Waals surface area contributed by atoms with Gasteiger partial charge >= 0.3 is 0 Å². The Morgan fingerprint density at radius 3 is 2.93 bits per heavy atom. The van der Waals surface area contributed by atoms with E-state index in [1.165, 1.54) is 0 Å². The minimum atomic E-state index is 0.0340. The second-order valence-corrected chi connectivity index (χ2v) is 3.74. The third-order valence-corrected chi connectivity index (χ3v) is 1.99. The highest BCUT2D eigenvalue weighted by atomic mass is 16.1. The summed E-state index contributed by atoms with van der Waals surface area (Å²) in [5.41, 5.74) is 0. The van der Waals surface area contributed by atoms with E-state index in [2.05, 4.69) is 15.2 Å². The molecule has 0 bridgehead atoms. The highest BCUT2D eigenvalue weighted by Gasteiger charge is 2.00. The van der Waals surface area contributed by atoms with E-state index >= 15 is 0 Å². The number of hydrogen-bond donors (Lipinski definition) is 1. The monoisotopic (exact) mass is 210 g/mol. The number of carbonyl (C=O) groups excluding carboxylic acids is 1. The molecule has 5 heteroatoms. The molecule has 0 aliphatic carbocycles. The molecule has 0 aromatic carbocycles. The number of carbonyl (C=O) groups is 1. The lowest BCUT2D eigenvalue weighted by molar-refractivity contribution is -0.121. The summed E-state index contributed by atoms with van der Waals surface area (Å²) in [6.07, 6.45) is 6.06. The predicted octanol–water partition coefficient (Wildman–Crippen LogP) is -0.0490. The average molecular weight is 210 g/mol. The molecule has 0 aliphatic rings. The summed E-state index contributed by atoms with van der Waals surface area (Å²) in [4.78, 5) is 17.4. The number of hydrogen-bond acceptors (Lipinski definition) is 3. The van der Waals surface area contributed by atoms with E-state index in [1.807, 2.05) is 14.1 Å². The lowest BCUT2D eigenvalue weighted by Crippen LogP contribution is -2.29. The molecule has 1 amide bonds. The third-order valence-electron chi connectivity index (χ3n) is 1.99. The molecule has 0 spiro atoms. The quantitative estimate of drug-likeness (QED) is 0.670. The molecule has 5 nitrogen and oxygen atoms in total. The Kier molecular flexibility index (Phi) is 4.83. The van der Waals surface area contributed by atoms with Gasteiger partial charge in [0.15, 0.2) is 0 Å². The fourth-order valence-corrected chi connectivity index (χ4v) is 1.23. The molecule has 1 N–H and O–H groups in total. The number of nitrogens with one attached hydrogen (secondary N) is 1. The van der Waals surface area contributed by atoms with Crippen molar-refractivity contribution in [3.05, 3.63) is 18.7 Å². The van der Waals surface area contributed by atoms with Gasteiger partial charge in [-0.15, -0.1) is 0 Å². The molecule has 0 unspecified atom stereocenters. The van der Waals surface area contributed by atoms with Gasteiger partial charge in [-0.3, -0.25) is 4.79 Å². The van der Waals surface area contributed by atoms with Crippen LogP contribution in [0.15, 0.2) is 18.7 Å². The molecule has 0 radical (unpaired) electrons. The highest BCUT2D eigenvalue weighted by Crippen LogP contribution is 1.86. The first kappa shape index (κ1) is 11.7. The largest absolute Gasteiger partial charge is 0.355 e. The average Bonchev–Trinajstić information content (AvgIpc) is 2.64. The van der Waals surface area contributed by atoms with E-state index in [4.69, 9.17) is 0 Å². The summed E-state index contributed by atoms with van der Waals surface area (Å²) in [6, 6.07) is 0.